The highest BCUT2D eigenvalue weighted by atomic mass is 16.5. The number of rotatable bonds is 5. The molecule has 1 aliphatic rings. The molecule has 0 spiro atoms. The van der Waals surface area contributed by atoms with Gasteiger partial charge in [0.2, 0.25) is 0 Å². The molecule has 2 aromatic carbocycles. The summed E-state index contributed by atoms with van der Waals surface area (Å²) >= 11 is 0. The molecule has 2 aromatic heterocycles. The van der Waals surface area contributed by atoms with Gasteiger partial charge in [-0.2, -0.15) is 0 Å². The first-order valence-electron chi connectivity index (χ1n) is 10.4. The van der Waals surface area contributed by atoms with E-state index < -0.39 is 5.97 Å². The second kappa shape index (κ2) is 8.19. The Kier molecular flexibility index (Phi) is 5.08. The van der Waals surface area contributed by atoms with Gasteiger partial charge in [-0.3, -0.25) is 4.79 Å². The fourth-order valence-corrected chi connectivity index (χ4v) is 4.09. The third-order valence-corrected chi connectivity index (χ3v) is 5.71. The first-order chi connectivity index (χ1) is 15.2. The molecule has 0 saturated heterocycles. The molecule has 0 fully saturated rings. The number of carbonyl (C=O) groups excluding carboxylic acids is 2. The summed E-state index contributed by atoms with van der Waals surface area (Å²) in [7, 11) is 0. The lowest BCUT2D eigenvalue weighted by molar-refractivity contribution is 0.0476. The maximum absolute atomic E-state index is 12.9. The van der Waals surface area contributed by atoms with E-state index in [1.807, 2.05) is 42.5 Å². The summed E-state index contributed by atoms with van der Waals surface area (Å²) in [6.45, 7) is -0.301. The molecular formula is C26H21NO4. The third-order valence-electron chi connectivity index (χ3n) is 5.71. The molecule has 0 bridgehead atoms. The zero-order chi connectivity index (χ0) is 21.2. The van der Waals surface area contributed by atoms with Crippen molar-refractivity contribution >= 4 is 22.7 Å². The van der Waals surface area contributed by atoms with Crippen molar-refractivity contribution in [1.82, 2.24) is 4.98 Å². The van der Waals surface area contributed by atoms with Crippen molar-refractivity contribution in [3.63, 3.8) is 0 Å². The predicted octanol–water partition coefficient (Wildman–Crippen LogP) is 5.41. The molecule has 5 rings (SSSR count). The number of nitrogens with zero attached hydrogens (tertiary/aromatic N) is 1. The van der Waals surface area contributed by atoms with Gasteiger partial charge in [0, 0.05) is 10.9 Å². The first-order valence-corrected chi connectivity index (χ1v) is 10.4. The second-order valence-corrected chi connectivity index (χ2v) is 7.74. The van der Waals surface area contributed by atoms with Crippen LogP contribution < -0.4 is 0 Å². The first kappa shape index (κ1) is 19.2. The number of aryl methyl sites for hydroxylation is 2. The number of esters is 1. The summed E-state index contributed by atoms with van der Waals surface area (Å²) in [6.07, 6.45) is 5.95. The minimum Gasteiger partial charge on any atom is -0.463 e. The monoisotopic (exact) mass is 411 g/mol. The second-order valence-electron chi connectivity index (χ2n) is 7.74. The number of hydrogen-bond donors (Lipinski definition) is 0. The van der Waals surface area contributed by atoms with E-state index in [-0.39, 0.29) is 12.4 Å². The number of para-hydroxylation sites is 1. The lowest BCUT2D eigenvalue weighted by Gasteiger charge is -2.16. The smallest absolute Gasteiger partial charge is 0.339 e. The standard InChI is InChI=1S/C26H21NO4/c28-24(19-12-11-17-6-1-2-7-18(17)14-19)16-31-26(29)21-15-23(25-10-5-13-30-25)27-22-9-4-3-8-20(21)22/h3-5,8-15H,1-2,6-7,16H2. The molecule has 0 radical (unpaired) electrons. The van der Waals surface area contributed by atoms with Crippen molar-refractivity contribution in [3.8, 4) is 11.5 Å². The van der Waals surface area contributed by atoms with E-state index in [9.17, 15) is 9.59 Å². The highest BCUT2D eigenvalue weighted by Gasteiger charge is 2.19. The maximum Gasteiger partial charge on any atom is 0.339 e. The van der Waals surface area contributed by atoms with Gasteiger partial charge >= 0.3 is 5.97 Å². The number of ether oxygens (including phenoxy) is 1. The SMILES string of the molecule is O=C(COC(=O)c1cc(-c2ccco2)nc2ccccc12)c1ccc2c(c1)CCCC2. The van der Waals surface area contributed by atoms with E-state index in [0.29, 0.717) is 33.5 Å². The molecule has 0 atom stereocenters. The Balaban J connectivity index is 1.38. The van der Waals surface area contributed by atoms with Crippen LogP contribution >= 0.6 is 0 Å². The minimum absolute atomic E-state index is 0.202. The number of pyridine rings is 1. The van der Waals surface area contributed by atoms with Crippen LogP contribution in [-0.4, -0.2) is 23.3 Å². The van der Waals surface area contributed by atoms with Crippen LogP contribution in [0.25, 0.3) is 22.4 Å². The fourth-order valence-electron chi connectivity index (χ4n) is 4.09. The average Bonchev–Trinajstić information content (AvgIpc) is 3.36. The number of hydrogen-bond acceptors (Lipinski definition) is 5. The summed E-state index contributed by atoms with van der Waals surface area (Å²) in [6, 6.07) is 18.3. The van der Waals surface area contributed by atoms with E-state index in [1.54, 1.807) is 24.5 Å². The van der Waals surface area contributed by atoms with Crippen LogP contribution in [0.15, 0.2) is 71.3 Å². The normalized spacial score (nSPS) is 13.0. The van der Waals surface area contributed by atoms with Crippen molar-refractivity contribution in [2.24, 2.45) is 0 Å². The molecule has 1 aliphatic carbocycles. The fraction of sp³-hybridized carbons (Fsp3) is 0.192. The molecule has 4 aromatic rings. The number of furan rings is 1. The van der Waals surface area contributed by atoms with E-state index in [4.69, 9.17) is 9.15 Å². The van der Waals surface area contributed by atoms with Gasteiger partial charge < -0.3 is 9.15 Å². The van der Waals surface area contributed by atoms with Gasteiger partial charge in [0.05, 0.1) is 17.3 Å². The van der Waals surface area contributed by atoms with Gasteiger partial charge in [0.25, 0.3) is 0 Å². The molecule has 5 heteroatoms. The summed E-state index contributed by atoms with van der Waals surface area (Å²) in [5, 5.41) is 0.670. The van der Waals surface area contributed by atoms with Gasteiger partial charge in [-0.15, -0.1) is 0 Å². The average molecular weight is 411 g/mol. The number of ketones is 1. The number of carbonyl (C=O) groups is 2. The van der Waals surface area contributed by atoms with Crippen molar-refractivity contribution < 1.29 is 18.7 Å². The Morgan fingerprint density at radius 2 is 1.77 bits per heavy atom. The third kappa shape index (κ3) is 3.87. The Labute approximate surface area is 179 Å². The topological polar surface area (TPSA) is 69.4 Å². The zero-order valence-electron chi connectivity index (χ0n) is 17.0. The Morgan fingerprint density at radius 3 is 2.61 bits per heavy atom. The quantitative estimate of drug-likeness (QED) is 0.324. The van der Waals surface area contributed by atoms with Crippen LogP contribution in [0, 0.1) is 0 Å². The maximum atomic E-state index is 12.9. The zero-order valence-corrected chi connectivity index (χ0v) is 17.0. The van der Waals surface area contributed by atoms with Gasteiger partial charge in [-0.05, 0) is 67.1 Å². The van der Waals surface area contributed by atoms with Gasteiger partial charge in [0.15, 0.2) is 18.2 Å². The van der Waals surface area contributed by atoms with Crippen LogP contribution in [-0.2, 0) is 17.6 Å². The van der Waals surface area contributed by atoms with Crippen LogP contribution in [0.5, 0.6) is 0 Å². The molecular weight excluding hydrogens is 390 g/mol. The molecule has 0 aliphatic heterocycles. The summed E-state index contributed by atoms with van der Waals surface area (Å²) < 4.78 is 10.9. The lowest BCUT2D eigenvalue weighted by Crippen LogP contribution is -2.15. The molecule has 154 valence electrons. The van der Waals surface area contributed by atoms with Crippen molar-refractivity contribution in [2.75, 3.05) is 6.61 Å². The number of aromatic nitrogens is 1. The van der Waals surface area contributed by atoms with Crippen LogP contribution in [0.1, 0.15) is 44.7 Å². The van der Waals surface area contributed by atoms with Crippen molar-refractivity contribution in [1.29, 1.82) is 0 Å². The largest absolute Gasteiger partial charge is 0.463 e. The molecule has 0 amide bonds. The highest BCUT2D eigenvalue weighted by molar-refractivity contribution is 6.06. The van der Waals surface area contributed by atoms with Crippen molar-refractivity contribution in [3.05, 3.63) is 89.2 Å². The van der Waals surface area contributed by atoms with E-state index >= 15 is 0 Å². The van der Waals surface area contributed by atoms with Gasteiger partial charge in [0.1, 0.15) is 5.69 Å². The van der Waals surface area contributed by atoms with E-state index in [0.717, 1.165) is 19.3 Å². The summed E-state index contributed by atoms with van der Waals surface area (Å²) in [4.78, 5) is 30.2. The van der Waals surface area contributed by atoms with Crippen molar-refractivity contribution in [2.45, 2.75) is 25.7 Å². The molecule has 5 nitrogen and oxygen atoms in total. The van der Waals surface area contributed by atoms with Gasteiger partial charge in [-0.25, -0.2) is 9.78 Å². The predicted molar refractivity (Wildman–Crippen MR) is 117 cm³/mol. The Morgan fingerprint density at radius 1 is 0.935 bits per heavy atom. The molecule has 0 saturated carbocycles. The Bertz CT molecular complexity index is 1270. The molecule has 0 N–H and O–H groups in total. The summed E-state index contributed by atoms with van der Waals surface area (Å²) in [5.74, 6) is -0.200. The number of fused-ring (bicyclic) bond motifs is 2. The highest BCUT2D eigenvalue weighted by Crippen LogP contribution is 2.26. The lowest BCUT2D eigenvalue weighted by atomic mass is 9.90. The van der Waals surface area contributed by atoms with E-state index in [1.165, 1.54) is 17.5 Å². The van der Waals surface area contributed by atoms with Crippen LogP contribution in [0.3, 0.4) is 0 Å². The van der Waals surface area contributed by atoms with Crippen LogP contribution in [0.4, 0.5) is 0 Å². The Hall–Kier alpha value is -3.73. The van der Waals surface area contributed by atoms with Gasteiger partial charge in [-0.1, -0.05) is 30.3 Å². The molecule has 31 heavy (non-hydrogen) atoms. The number of benzene rings is 2. The summed E-state index contributed by atoms with van der Waals surface area (Å²) in [5.41, 5.74) is 4.68. The number of Topliss-reactive ketones (excluding diaryl/α,β-unsaturated/α-hetero) is 1. The molecule has 0 unspecified atom stereocenters. The van der Waals surface area contributed by atoms with Crippen LogP contribution in [0.2, 0.25) is 0 Å². The molecule has 2 heterocycles. The minimum atomic E-state index is -0.558. The van der Waals surface area contributed by atoms with E-state index in [2.05, 4.69) is 4.98 Å².